The SMILES string of the molecule is CCOP(=O)(OCC)C(O[Si](C)(C)C)c1cccc([N+](=O)[O-])c1. The predicted octanol–water partition coefficient (Wildman–Crippen LogP) is 4.71. The van der Waals surface area contributed by atoms with Crippen LogP contribution in [0.25, 0.3) is 0 Å². The van der Waals surface area contributed by atoms with Gasteiger partial charge in [0.25, 0.3) is 5.69 Å². The van der Waals surface area contributed by atoms with Crippen molar-refractivity contribution >= 4 is 21.6 Å². The van der Waals surface area contributed by atoms with Gasteiger partial charge in [-0.05, 0) is 39.1 Å². The highest BCUT2D eigenvalue weighted by Crippen LogP contribution is 2.62. The van der Waals surface area contributed by atoms with Crippen LogP contribution in [-0.4, -0.2) is 26.5 Å². The van der Waals surface area contributed by atoms with Gasteiger partial charge in [-0.15, -0.1) is 0 Å². The molecule has 0 saturated carbocycles. The first-order valence-corrected chi connectivity index (χ1v) is 12.5. The van der Waals surface area contributed by atoms with Crippen molar-refractivity contribution in [2.24, 2.45) is 0 Å². The highest BCUT2D eigenvalue weighted by molar-refractivity contribution is 7.54. The molecule has 1 unspecified atom stereocenters. The van der Waals surface area contributed by atoms with Crippen LogP contribution in [0.5, 0.6) is 0 Å². The van der Waals surface area contributed by atoms with E-state index in [0.29, 0.717) is 5.56 Å². The second-order valence-corrected chi connectivity index (χ2v) is 12.3. The summed E-state index contributed by atoms with van der Waals surface area (Å²) in [5.41, 5.74) is 0.332. The molecular formula is C14H24NO6PSi. The third-order valence-electron chi connectivity index (χ3n) is 2.74. The van der Waals surface area contributed by atoms with Crippen LogP contribution in [-0.2, 0) is 18.0 Å². The molecule has 1 aromatic rings. The van der Waals surface area contributed by atoms with Crippen molar-refractivity contribution in [3.63, 3.8) is 0 Å². The molecular weight excluding hydrogens is 337 g/mol. The summed E-state index contributed by atoms with van der Waals surface area (Å²) >= 11 is 0. The maximum absolute atomic E-state index is 13.2. The fourth-order valence-corrected chi connectivity index (χ4v) is 5.84. The monoisotopic (exact) mass is 361 g/mol. The van der Waals surface area contributed by atoms with Crippen molar-refractivity contribution in [3.8, 4) is 0 Å². The van der Waals surface area contributed by atoms with E-state index >= 15 is 0 Å². The molecule has 0 bridgehead atoms. The van der Waals surface area contributed by atoms with Crippen molar-refractivity contribution in [1.29, 1.82) is 0 Å². The largest absolute Gasteiger partial charge is 0.400 e. The molecule has 0 fully saturated rings. The lowest BCUT2D eigenvalue weighted by atomic mass is 10.2. The fourth-order valence-electron chi connectivity index (χ4n) is 1.97. The number of nitrogens with zero attached hydrogens (tertiary/aromatic N) is 1. The average Bonchev–Trinajstić information content (AvgIpc) is 2.44. The van der Waals surface area contributed by atoms with E-state index in [4.69, 9.17) is 13.5 Å². The molecule has 0 heterocycles. The van der Waals surface area contributed by atoms with E-state index in [0.717, 1.165) is 0 Å². The minimum Gasteiger partial charge on any atom is -0.400 e. The van der Waals surface area contributed by atoms with E-state index in [1.807, 2.05) is 19.6 Å². The van der Waals surface area contributed by atoms with Crippen LogP contribution < -0.4 is 0 Å². The van der Waals surface area contributed by atoms with E-state index in [1.165, 1.54) is 18.2 Å². The average molecular weight is 361 g/mol. The molecule has 130 valence electrons. The van der Waals surface area contributed by atoms with Crippen molar-refractivity contribution in [1.82, 2.24) is 0 Å². The van der Waals surface area contributed by atoms with E-state index in [-0.39, 0.29) is 18.9 Å². The van der Waals surface area contributed by atoms with Gasteiger partial charge in [-0.25, -0.2) is 0 Å². The van der Waals surface area contributed by atoms with Gasteiger partial charge >= 0.3 is 7.60 Å². The van der Waals surface area contributed by atoms with Gasteiger partial charge in [0, 0.05) is 12.1 Å². The molecule has 1 aromatic carbocycles. The Morgan fingerprint density at radius 1 is 1.22 bits per heavy atom. The lowest BCUT2D eigenvalue weighted by molar-refractivity contribution is -0.384. The second kappa shape index (κ2) is 8.17. The number of non-ortho nitro benzene ring substituents is 1. The van der Waals surface area contributed by atoms with Gasteiger partial charge < -0.3 is 13.5 Å². The molecule has 23 heavy (non-hydrogen) atoms. The zero-order chi connectivity index (χ0) is 17.7. The zero-order valence-electron chi connectivity index (χ0n) is 14.1. The van der Waals surface area contributed by atoms with Gasteiger partial charge in [-0.3, -0.25) is 14.7 Å². The van der Waals surface area contributed by atoms with E-state index in [2.05, 4.69) is 0 Å². The number of benzene rings is 1. The van der Waals surface area contributed by atoms with E-state index in [1.54, 1.807) is 19.9 Å². The Hall–Kier alpha value is -1.05. The maximum atomic E-state index is 13.2. The standard InChI is InChI=1S/C14H24NO6PSi/c1-6-19-22(18,20-7-2)14(21-23(3,4)5)12-9-8-10-13(11-12)15(16)17/h8-11,14H,6-7H2,1-5H3. The third kappa shape index (κ3) is 5.82. The van der Waals surface area contributed by atoms with Crippen molar-refractivity contribution < 1.29 is 23.0 Å². The number of nitro benzene ring substituents is 1. The molecule has 0 radical (unpaired) electrons. The normalized spacial score (nSPS) is 13.8. The Labute approximate surface area is 137 Å². The quantitative estimate of drug-likeness (QED) is 0.274. The summed E-state index contributed by atoms with van der Waals surface area (Å²) in [6.07, 6.45) is 0. The van der Waals surface area contributed by atoms with Gasteiger partial charge in [-0.2, -0.15) is 0 Å². The minimum atomic E-state index is -3.61. The van der Waals surface area contributed by atoms with Crippen LogP contribution in [0, 0.1) is 10.1 Å². The van der Waals surface area contributed by atoms with Gasteiger partial charge in [-0.1, -0.05) is 12.1 Å². The summed E-state index contributed by atoms with van der Waals surface area (Å²) in [6.45, 7) is 9.64. The lowest BCUT2D eigenvalue weighted by Crippen LogP contribution is -2.29. The maximum Gasteiger partial charge on any atom is 0.362 e. The topological polar surface area (TPSA) is 87.9 Å². The van der Waals surface area contributed by atoms with Crippen LogP contribution in [0.4, 0.5) is 5.69 Å². The van der Waals surface area contributed by atoms with Gasteiger partial charge in [0.05, 0.1) is 18.1 Å². The van der Waals surface area contributed by atoms with Crippen molar-refractivity contribution in [2.75, 3.05) is 13.2 Å². The van der Waals surface area contributed by atoms with Crippen LogP contribution in [0.2, 0.25) is 19.6 Å². The first-order valence-electron chi connectivity index (χ1n) is 7.44. The molecule has 1 rings (SSSR count). The van der Waals surface area contributed by atoms with Gasteiger partial charge in [0.15, 0.2) is 14.2 Å². The molecule has 0 N–H and O–H groups in total. The first-order chi connectivity index (χ1) is 10.6. The summed E-state index contributed by atoms with van der Waals surface area (Å²) in [5, 5.41) is 11.0. The molecule has 0 aliphatic rings. The Kier molecular flexibility index (Phi) is 7.10. The molecule has 0 aromatic heterocycles. The van der Waals surface area contributed by atoms with Crippen LogP contribution in [0.1, 0.15) is 25.3 Å². The third-order valence-corrected chi connectivity index (χ3v) is 6.09. The van der Waals surface area contributed by atoms with E-state index in [9.17, 15) is 14.7 Å². The number of rotatable bonds is 9. The summed E-state index contributed by atoms with van der Waals surface area (Å²) in [6, 6.07) is 5.91. The van der Waals surface area contributed by atoms with Crippen molar-refractivity contribution in [3.05, 3.63) is 39.9 Å². The zero-order valence-corrected chi connectivity index (χ0v) is 16.0. The summed E-state index contributed by atoms with van der Waals surface area (Å²) in [5.74, 6) is -0.978. The van der Waals surface area contributed by atoms with Crippen LogP contribution in [0.15, 0.2) is 24.3 Å². The fraction of sp³-hybridized carbons (Fsp3) is 0.571. The molecule has 9 heteroatoms. The molecule has 0 spiro atoms. The molecule has 0 amide bonds. The molecule has 0 aliphatic carbocycles. The Bertz CT molecular complexity index is 579. The van der Waals surface area contributed by atoms with Crippen LogP contribution >= 0.6 is 7.60 Å². The smallest absolute Gasteiger partial charge is 0.362 e. The predicted molar refractivity (Wildman–Crippen MR) is 91.1 cm³/mol. The van der Waals surface area contributed by atoms with Gasteiger partial charge in [0.1, 0.15) is 0 Å². The Morgan fingerprint density at radius 2 is 1.78 bits per heavy atom. The molecule has 0 aliphatic heterocycles. The highest BCUT2D eigenvalue weighted by atomic mass is 31.2. The number of hydrogen-bond donors (Lipinski definition) is 0. The summed E-state index contributed by atoms with van der Waals surface area (Å²) < 4.78 is 30.0. The summed E-state index contributed by atoms with van der Waals surface area (Å²) in [7, 11) is -5.73. The summed E-state index contributed by atoms with van der Waals surface area (Å²) in [4.78, 5) is 10.5. The molecule has 0 saturated heterocycles. The second-order valence-electron chi connectivity index (χ2n) is 5.81. The van der Waals surface area contributed by atoms with E-state index < -0.39 is 26.7 Å². The van der Waals surface area contributed by atoms with Gasteiger partial charge in [0.2, 0.25) is 0 Å². The number of nitro groups is 1. The van der Waals surface area contributed by atoms with Crippen molar-refractivity contribution in [2.45, 2.75) is 39.3 Å². The molecule has 7 nitrogen and oxygen atoms in total. The Morgan fingerprint density at radius 3 is 2.22 bits per heavy atom. The first kappa shape index (κ1) is 20.0. The molecule has 1 atom stereocenters. The minimum absolute atomic E-state index is 0.0915. The van der Waals surface area contributed by atoms with Crippen LogP contribution in [0.3, 0.4) is 0 Å². The Balaban J connectivity index is 3.37. The lowest BCUT2D eigenvalue weighted by Gasteiger charge is -2.31. The highest BCUT2D eigenvalue weighted by Gasteiger charge is 2.41. The number of hydrogen-bond acceptors (Lipinski definition) is 6.